The number of fused-ring (bicyclic) bond motifs is 1. The minimum atomic E-state index is 0.0291. The zero-order valence-corrected chi connectivity index (χ0v) is 14.1. The van der Waals surface area contributed by atoms with Crippen LogP contribution in [0.4, 0.5) is 5.82 Å². The van der Waals surface area contributed by atoms with Crippen LogP contribution in [-0.4, -0.2) is 48.5 Å². The molecule has 122 valence electrons. The third kappa shape index (κ3) is 3.20. The van der Waals surface area contributed by atoms with Crippen molar-refractivity contribution in [1.29, 1.82) is 0 Å². The first kappa shape index (κ1) is 15.9. The number of nitrogens with zero attached hydrogens (tertiary/aromatic N) is 4. The molecule has 0 radical (unpaired) electrons. The van der Waals surface area contributed by atoms with Crippen LogP contribution >= 0.6 is 0 Å². The molecule has 0 N–H and O–H groups in total. The Balaban J connectivity index is 2.10. The Hall–Kier alpha value is -2.95. The number of amides is 1. The van der Waals surface area contributed by atoms with Crippen LogP contribution in [0, 0.1) is 0 Å². The lowest BCUT2D eigenvalue weighted by atomic mass is 10.1. The average molecular weight is 320 g/mol. The van der Waals surface area contributed by atoms with Crippen LogP contribution in [0.1, 0.15) is 0 Å². The maximum Gasteiger partial charge on any atom is 0.241 e. The molecule has 0 aliphatic rings. The summed E-state index contributed by atoms with van der Waals surface area (Å²) < 4.78 is 0. The van der Waals surface area contributed by atoms with E-state index in [0.29, 0.717) is 5.82 Å². The molecule has 0 bridgehead atoms. The van der Waals surface area contributed by atoms with Crippen molar-refractivity contribution in [2.45, 2.75) is 0 Å². The maximum atomic E-state index is 12.1. The smallest absolute Gasteiger partial charge is 0.241 e. The van der Waals surface area contributed by atoms with E-state index in [-0.39, 0.29) is 12.5 Å². The Morgan fingerprint density at radius 2 is 1.58 bits per heavy atom. The van der Waals surface area contributed by atoms with Gasteiger partial charge in [0.05, 0.1) is 12.1 Å². The quantitative estimate of drug-likeness (QED) is 0.742. The van der Waals surface area contributed by atoms with Gasteiger partial charge in [-0.3, -0.25) is 4.79 Å². The monoisotopic (exact) mass is 320 g/mol. The van der Waals surface area contributed by atoms with Gasteiger partial charge in [-0.1, -0.05) is 42.5 Å². The van der Waals surface area contributed by atoms with Crippen LogP contribution in [-0.2, 0) is 4.79 Å². The highest BCUT2D eigenvalue weighted by atomic mass is 16.2. The molecule has 0 spiro atoms. The van der Waals surface area contributed by atoms with E-state index < -0.39 is 0 Å². The predicted molar refractivity (Wildman–Crippen MR) is 96.9 cm³/mol. The van der Waals surface area contributed by atoms with Gasteiger partial charge in [0.15, 0.2) is 5.82 Å². The molecule has 3 aromatic rings. The maximum absolute atomic E-state index is 12.1. The van der Waals surface area contributed by atoms with Crippen molar-refractivity contribution < 1.29 is 4.79 Å². The van der Waals surface area contributed by atoms with E-state index >= 15 is 0 Å². The first-order valence-corrected chi connectivity index (χ1v) is 7.80. The van der Waals surface area contributed by atoms with E-state index in [9.17, 15) is 4.79 Å². The SMILES string of the molecule is CN(C)C(=O)CN(C)c1nc(-c2ccccc2)nc2ccccc12. The van der Waals surface area contributed by atoms with Gasteiger partial charge in [-0.15, -0.1) is 0 Å². The molecule has 1 aromatic heterocycles. The highest BCUT2D eigenvalue weighted by Gasteiger charge is 2.15. The van der Waals surface area contributed by atoms with Gasteiger partial charge in [-0.2, -0.15) is 0 Å². The molecule has 0 saturated carbocycles. The molecule has 2 aromatic carbocycles. The molecule has 0 aliphatic heterocycles. The largest absolute Gasteiger partial charge is 0.350 e. The molecule has 5 nitrogen and oxygen atoms in total. The topological polar surface area (TPSA) is 49.3 Å². The second-order valence-electron chi connectivity index (χ2n) is 5.90. The zero-order chi connectivity index (χ0) is 17.1. The van der Waals surface area contributed by atoms with Crippen LogP contribution in [0.2, 0.25) is 0 Å². The molecule has 0 aliphatic carbocycles. The van der Waals surface area contributed by atoms with Gasteiger partial charge in [0.25, 0.3) is 0 Å². The minimum absolute atomic E-state index is 0.0291. The normalized spacial score (nSPS) is 10.6. The van der Waals surface area contributed by atoms with E-state index in [1.54, 1.807) is 19.0 Å². The van der Waals surface area contributed by atoms with Gasteiger partial charge in [0.1, 0.15) is 5.82 Å². The summed E-state index contributed by atoms with van der Waals surface area (Å²) in [6.45, 7) is 0.266. The Bertz CT molecular complexity index is 862. The van der Waals surface area contributed by atoms with Gasteiger partial charge < -0.3 is 9.80 Å². The Labute approximate surface area is 141 Å². The third-order valence-corrected chi connectivity index (χ3v) is 3.85. The second kappa shape index (κ2) is 6.66. The van der Waals surface area contributed by atoms with E-state index in [1.165, 1.54) is 0 Å². The van der Waals surface area contributed by atoms with Crippen LogP contribution in [0.25, 0.3) is 22.3 Å². The van der Waals surface area contributed by atoms with Gasteiger partial charge in [-0.05, 0) is 12.1 Å². The first-order valence-electron chi connectivity index (χ1n) is 7.80. The van der Waals surface area contributed by atoms with Gasteiger partial charge in [-0.25, -0.2) is 9.97 Å². The van der Waals surface area contributed by atoms with Crippen molar-refractivity contribution >= 4 is 22.6 Å². The van der Waals surface area contributed by atoms with E-state index in [0.717, 1.165) is 22.3 Å². The number of carbonyl (C=O) groups is 1. The lowest BCUT2D eigenvalue weighted by Crippen LogP contribution is -2.34. The predicted octanol–water partition coefficient (Wildman–Crippen LogP) is 2.82. The summed E-state index contributed by atoms with van der Waals surface area (Å²) in [6, 6.07) is 17.7. The molecule has 0 saturated heterocycles. The molecule has 0 fully saturated rings. The highest BCUT2D eigenvalue weighted by Crippen LogP contribution is 2.26. The Kier molecular flexibility index (Phi) is 4.42. The van der Waals surface area contributed by atoms with Crippen LogP contribution in [0.3, 0.4) is 0 Å². The van der Waals surface area contributed by atoms with E-state index in [4.69, 9.17) is 4.98 Å². The summed E-state index contributed by atoms with van der Waals surface area (Å²) in [5.41, 5.74) is 1.82. The summed E-state index contributed by atoms with van der Waals surface area (Å²) >= 11 is 0. The van der Waals surface area contributed by atoms with Crippen molar-refractivity contribution in [3.05, 3.63) is 54.6 Å². The van der Waals surface area contributed by atoms with Crippen molar-refractivity contribution in [2.75, 3.05) is 32.6 Å². The number of carbonyl (C=O) groups excluding carboxylic acids is 1. The third-order valence-electron chi connectivity index (χ3n) is 3.85. The van der Waals surface area contributed by atoms with Gasteiger partial charge >= 0.3 is 0 Å². The summed E-state index contributed by atoms with van der Waals surface area (Å²) in [5.74, 6) is 1.45. The number of hydrogen-bond donors (Lipinski definition) is 0. The van der Waals surface area contributed by atoms with Crippen molar-refractivity contribution in [1.82, 2.24) is 14.9 Å². The van der Waals surface area contributed by atoms with Gasteiger partial charge in [0.2, 0.25) is 5.91 Å². The molecule has 1 heterocycles. The van der Waals surface area contributed by atoms with E-state index in [2.05, 4.69) is 4.98 Å². The first-order chi connectivity index (χ1) is 11.6. The standard InChI is InChI=1S/C19H20N4O/c1-22(2)17(24)13-23(3)19-15-11-7-8-12-16(15)20-18(21-19)14-9-5-4-6-10-14/h4-12H,13H2,1-3H3. The highest BCUT2D eigenvalue weighted by molar-refractivity contribution is 5.92. The van der Waals surface area contributed by atoms with Crippen molar-refractivity contribution in [2.24, 2.45) is 0 Å². The summed E-state index contributed by atoms with van der Waals surface area (Å²) in [5, 5.41) is 0.936. The van der Waals surface area contributed by atoms with Crippen LogP contribution in [0.5, 0.6) is 0 Å². The fourth-order valence-corrected chi connectivity index (χ4v) is 2.49. The molecular weight excluding hydrogens is 300 g/mol. The zero-order valence-electron chi connectivity index (χ0n) is 14.1. The summed E-state index contributed by atoms with van der Waals surface area (Å²) in [4.78, 5) is 24.9. The molecule has 0 atom stereocenters. The van der Waals surface area contributed by atoms with Gasteiger partial charge in [0, 0.05) is 32.1 Å². The molecule has 0 unspecified atom stereocenters. The van der Waals surface area contributed by atoms with Crippen molar-refractivity contribution in [3.8, 4) is 11.4 Å². The fourth-order valence-electron chi connectivity index (χ4n) is 2.49. The average Bonchev–Trinajstić information content (AvgIpc) is 2.61. The number of para-hydroxylation sites is 1. The molecule has 5 heteroatoms. The lowest BCUT2D eigenvalue weighted by Gasteiger charge is -2.22. The van der Waals surface area contributed by atoms with Crippen LogP contribution in [0.15, 0.2) is 54.6 Å². The number of likely N-dealkylation sites (N-methyl/N-ethyl adjacent to an activating group) is 2. The second-order valence-corrected chi connectivity index (χ2v) is 5.90. The number of anilines is 1. The number of aromatic nitrogens is 2. The molecule has 1 amide bonds. The van der Waals surface area contributed by atoms with Crippen LogP contribution < -0.4 is 4.90 Å². The number of rotatable bonds is 4. The van der Waals surface area contributed by atoms with Crippen molar-refractivity contribution in [3.63, 3.8) is 0 Å². The summed E-state index contributed by atoms with van der Waals surface area (Å²) in [6.07, 6.45) is 0. The Morgan fingerprint density at radius 1 is 0.917 bits per heavy atom. The minimum Gasteiger partial charge on any atom is -0.350 e. The lowest BCUT2D eigenvalue weighted by molar-refractivity contribution is -0.127. The molecule has 24 heavy (non-hydrogen) atoms. The number of benzene rings is 2. The summed E-state index contributed by atoms with van der Waals surface area (Å²) in [7, 11) is 5.39. The van der Waals surface area contributed by atoms with E-state index in [1.807, 2.05) is 66.5 Å². The fraction of sp³-hybridized carbons (Fsp3) is 0.211. The Morgan fingerprint density at radius 3 is 2.29 bits per heavy atom. The molecule has 3 rings (SSSR count). The number of hydrogen-bond acceptors (Lipinski definition) is 4. The molecular formula is C19H20N4O.